The van der Waals surface area contributed by atoms with Gasteiger partial charge in [-0.05, 0) is 55.0 Å². The summed E-state index contributed by atoms with van der Waals surface area (Å²) in [6.07, 6.45) is 0. The molecule has 28 heavy (non-hydrogen) atoms. The molecule has 0 spiro atoms. The van der Waals surface area contributed by atoms with Gasteiger partial charge in [-0.2, -0.15) is 5.10 Å². The Bertz CT molecular complexity index is 1080. The molecule has 0 N–H and O–H groups in total. The maximum Gasteiger partial charge on any atom is 0.196 e. The Labute approximate surface area is 177 Å². The first-order chi connectivity index (χ1) is 13.5. The van der Waals surface area contributed by atoms with Crippen molar-refractivity contribution in [3.05, 3.63) is 75.9 Å². The SMILES string of the molecule is Cc1cc(-c2nnc(SCc3ccc(Cl)cc3)n2-c2ccc(Cl)cc2)nn1C. The number of thioether (sulfide) groups is 1. The van der Waals surface area contributed by atoms with Crippen LogP contribution in [0.4, 0.5) is 0 Å². The molecule has 0 aliphatic heterocycles. The monoisotopic (exact) mass is 429 g/mol. The largest absolute Gasteiger partial charge is 0.272 e. The normalized spacial score (nSPS) is 11.1. The van der Waals surface area contributed by atoms with Crippen LogP contribution in [0, 0.1) is 6.92 Å². The molecule has 0 saturated heterocycles. The van der Waals surface area contributed by atoms with E-state index >= 15 is 0 Å². The predicted molar refractivity (Wildman–Crippen MR) is 114 cm³/mol. The molecule has 0 bridgehead atoms. The Balaban J connectivity index is 1.73. The summed E-state index contributed by atoms with van der Waals surface area (Å²) in [5.74, 6) is 1.45. The second kappa shape index (κ2) is 7.99. The first-order valence-corrected chi connectivity index (χ1v) is 10.3. The molecule has 142 valence electrons. The fraction of sp³-hybridized carbons (Fsp3) is 0.150. The lowest BCUT2D eigenvalue weighted by atomic mass is 10.2. The van der Waals surface area contributed by atoms with E-state index in [2.05, 4.69) is 15.3 Å². The highest BCUT2D eigenvalue weighted by Crippen LogP contribution is 2.30. The molecule has 4 aromatic rings. The van der Waals surface area contributed by atoms with E-state index in [1.54, 1.807) is 11.8 Å². The van der Waals surface area contributed by atoms with Gasteiger partial charge < -0.3 is 0 Å². The van der Waals surface area contributed by atoms with Gasteiger partial charge >= 0.3 is 0 Å². The summed E-state index contributed by atoms with van der Waals surface area (Å²) < 4.78 is 3.84. The van der Waals surface area contributed by atoms with Crippen LogP contribution in [-0.4, -0.2) is 24.5 Å². The van der Waals surface area contributed by atoms with Crippen molar-refractivity contribution >= 4 is 35.0 Å². The molecule has 5 nitrogen and oxygen atoms in total. The van der Waals surface area contributed by atoms with E-state index < -0.39 is 0 Å². The molecule has 2 heterocycles. The second-order valence-electron chi connectivity index (χ2n) is 6.33. The number of nitrogens with zero attached hydrogens (tertiary/aromatic N) is 5. The number of hydrogen-bond acceptors (Lipinski definition) is 4. The van der Waals surface area contributed by atoms with Crippen molar-refractivity contribution in [3.8, 4) is 17.2 Å². The Morgan fingerprint density at radius 2 is 1.57 bits per heavy atom. The van der Waals surface area contributed by atoms with Gasteiger partial charge in [0.1, 0.15) is 5.69 Å². The quantitative estimate of drug-likeness (QED) is 0.388. The van der Waals surface area contributed by atoms with Gasteiger partial charge in [-0.1, -0.05) is 47.1 Å². The average Bonchev–Trinajstić information content (AvgIpc) is 3.25. The molecule has 0 aliphatic rings. The smallest absolute Gasteiger partial charge is 0.196 e. The molecule has 0 amide bonds. The van der Waals surface area contributed by atoms with Gasteiger partial charge in [-0.15, -0.1) is 10.2 Å². The molecule has 0 unspecified atom stereocenters. The molecular formula is C20H17Cl2N5S. The first kappa shape index (κ1) is 19.1. The summed E-state index contributed by atoms with van der Waals surface area (Å²) in [5.41, 5.74) is 3.93. The van der Waals surface area contributed by atoms with Crippen molar-refractivity contribution < 1.29 is 0 Å². The maximum absolute atomic E-state index is 6.08. The molecule has 0 aliphatic carbocycles. The lowest BCUT2D eigenvalue weighted by Crippen LogP contribution is -2.00. The Morgan fingerprint density at radius 3 is 2.18 bits per heavy atom. The van der Waals surface area contributed by atoms with Crippen molar-refractivity contribution in [2.24, 2.45) is 7.05 Å². The fourth-order valence-corrected chi connectivity index (χ4v) is 3.91. The highest BCUT2D eigenvalue weighted by Gasteiger charge is 2.19. The van der Waals surface area contributed by atoms with Crippen molar-refractivity contribution in [1.82, 2.24) is 24.5 Å². The van der Waals surface area contributed by atoms with Crippen LogP contribution in [0.25, 0.3) is 17.2 Å². The summed E-state index contributed by atoms with van der Waals surface area (Å²) in [6, 6.07) is 17.4. The van der Waals surface area contributed by atoms with Gasteiger partial charge in [0.05, 0.1) is 0 Å². The van der Waals surface area contributed by atoms with Crippen molar-refractivity contribution in [1.29, 1.82) is 0 Å². The van der Waals surface area contributed by atoms with Crippen molar-refractivity contribution in [3.63, 3.8) is 0 Å². The number of halogens is 2. The Morgan fingerprint density at radius 1 is 0.929 bits per heavy atom. The van der Waals surface area contributed by atoms with Gasteiger partial charge in [-0.3, -0.25) is 9.25 Å². The topological polar surface area (TPSA) is 48.5 Å². The summed E-state index contributed by atoms with van der Waals surface area (Å²) in [5, 5.41) is 15.6. The summed E-state index contributed by atoms with van der Waals surface area (Å²) in [7, 11) is 1.91. The van der Waals surface area contributed by atoms with E-state index in [1.807, 2.05) is 77.8 Å². The molecule has 0 fully saturated rings. The number of rotatable bonds is 5. The van der Waals surface area contributed by atoms with E-state index in [-0.39, 0.29) is 0 Å². The van der Waals surface area contributed by atoms with Crippen LogP contribution in [0.1, 0.15) is 11.3 Å². The number of aryl methyl sites for hydroxylation is 2. The van der Waals surface area contributed by atoms with E-state index in [0.717, 1.165) is 38.6 Å². The van der Waals surface area contributed by atoms with Gasteiger partial charge in [0.15, 0.2) is 11.0 Å². The van der Waals surface area contributed by atoms with Crippen molar-refractivity contribution in [2.45, 2.75) is 17.8 Å². The zero-order chi connectivity index (χ0) is 19.7. The minimum Gasteiger partial charge on any atom is -0.272 e. The van der Waals surface area contributed by atoms with E-state index in [1.165, 1.54) is 0 Å². The van der Waals surface area contributed by atoms with Crippen LogP contribution in [0.5, 0.6) is 0 Å². The van der Waals surface area contributed by atoms with E-state index in [4.69, 9.17) is 23.2 Å². The first-order valence-electron chi connectivity index (χ1n) is 8.61. The van der Waals surface area contributed by atoms with Crippen LogP contribution >= 0.6 is 35.0 Å². The molecule has 4 rings (SSSR count). The molecule has 0 atom stereocenters. The van der Waals surface area contributed by atoms with E-state index in [9.17, 15) is 0 Å². The highest BCUT2D eigenvalue weighted by atomic mass is 35.5. The van der Waals surface area contributed by atoms with Crippen LogP contribution < -0.4 is 0 Å². The number of hydrogen-bond donors (Lipinski definition) is 0. The van der Waals surface area contributed by atoms with Crippen LogP contribution in [0.2, 0.25) is 10.0 Å². The highest BCUT2D eigenvalue weighted by molar-refractivity contribution is 7.98. The van der Waals surface area contributed by atoms with Gasteiger partial charge in [0.25, 0.3) is 0 Å². The van der Waals surface area contributed by atoms with Crippen LogP contribution in [-0.2, 0) is 12.8 Å². The average molecular weight is 430 g/mol. The van der Waals surface area contributed by atoms with Gasteiger partial charge in [-0.25, -0.2) is 0 Å². The predicted octanol–water partition coefficient (Wildman–Crippen LogP) is 5.58. The zero-order valence-corrected chi connectivity index (χ0v) is 17.6. The molecule has 8 heteroatoms. The van der Waals surface area contributed by atoms with Gasteiger partial charge in [0.2, 0.25) is 0 Å². The summed E-state index contributed by atoms with van der Waals surface area (Å²) >= 11 is 13.7. The third kappa shape index (κ3) is 3.94. The number of benzene rings is 2. The third-order valence-electron chi connectivity index (χ3n) is 4.34. The third-order valence-corrected chi connectivity index (χ3v) is 5.85. The second-order valence-corrected chi connectivity index (χ2v) is 8.14. The molecule has 0 saturated carbocycles. The summed E-state index contributed by atoms with van der Waals surface area (Å²) in [6.45, 7) is 2.01. The van der Waals surface area contributed by atoms with Crippen LogP contribution in [0.15, 0.2) is 59.8 Å². The molecule has 2 aromatic heterocycles. The molecular weight excluding hydrogens is 413 g/mol. The lowest BCUT2D eigenvalue weighted by Gasteiger charge is -2.09. The standard InChI is InChI=1S/C20H17Cl2N5S/c1-13-11-18(25-26(13)2)19-23-24-20(27(19)17-9-7-16(22)8-10-17)28-12-14-3-5-15(21)6-4-14/h3-11H,12H2,1-2H3. The molecule has 2 aromatic carbocycles. The Hall–Kier alpha value is -2.28. The van der Waals surface area contributed by atoms with E-state index in [0.29, 0.717) is 10.8 Å². The fourth-order valence-electron chi connectivity index (χ4n) is 2.75. The Kier molecular flexibility index (Phi) is 5.44. The van der Waals surface area contributed by atoms with Gasteiger partial charge in [0, 0.05) is 34.2 Å². The zero-order valence-electron chi connectivity index (χ0n) is 15.3. The minimum absolute atomic E-state index is 0.683. The van der Waals surface area contributed by atoms with Crippen LogP contribution in [0.3, 0.4) is 0 Å². The molecule has 0 radical (unpaired) electrons. The summed E-state index contributed by atoms with van der Waals surface area (Å²) in [4.78, 5) is 0. The number of aromatic nitrogens is 5. The maximum atomic E-state index is 6.08. The lowest BCUT2D eigenvalue weighted by molar-refractivity contribution is 0.740. The minimum atomic E-state index is 0.683. The van der Waals surface area contributed by atoms with Crippen molar-refractivity contribution in [2.75, 3.05) is 0 Å².